The van der Waals surface area contributed by atoms with Crippen LogP contribution >= 0.6 is 0 Å². The van der Waals surface area contributed by atoms with Crippen molar-refractivity contribution in [1.82, 2.24) is 0 Å². The molecule has 170 valence electrons. The molecular weight excluding hydrogens is 431 g/mol. The van der Waals surface area contributed by atoms with Crippen LogP contribution < -0.4 is 14.8 Å². The molecule has 0 aromatic heterocycles. The van der Waals surface area contributed by atoms with E-state index in [1.165, 1.54) is 6.07 Å². The summed E-state index contributed by atoms with van der Waals surface area (Å²) in [5, 5.41) is 3.01. The van der Waals surface area contributed by atoms with Gasteiger partial charge in [-0.3, -0.25) is 4.79 Å². The number of anilines is 1. The van der Waals surface area contributed by atoms with E-state index in [9.17, 15) is 18.0 Å². The van der Waals surface area contributed by atoms with Crippen molar-refractivity contribution in [3.63, 3.8) is 0 Å². The summed E-state index contributed by atoms with van der Waals surface area (Å²) in [4.78, 5) is 13.2. The summed E-state index contributed by atoms with van der Waals surface area (Å²) in [7, 11) is 0. The van der Waals surface area contributed by atoms with E-state index in [1.54, 1.807) is 18.2 Å². The second kappa shape index (κ2) is 7.83. The molecule has 1 N–H and O–H groups in total. The third kappa shape index (κ3) is 4.27. The summed E-state index contributed by atoms with van der Waals surface area (Å²) in [5.74, 6) is 1.20. The van der Waals surface area contributed by atoms with Crippen molar-refractivity contribution in [1.29, 1.82) is 0 Å². The lowest BCUT2D eigenvalue weighted by Gasteiger charge is -2.17. The number of carbonyl (C=O) groups is 1. The fraction of sp³-hybridized carbons (Fsp3) is 0.269. The minimum Gasteiger partial charge on any atom is -0.454 e. The number of hydrogen-bond donors (Lipinski definition) is 1. The highest BCUT2D eigenvalue weighted by Gasteiger charge is 2.51. The van der Waals surface area contributed by atoms with Crippen molar-refractivity contribution < 1.29 is 27.4 Å². The molecule has 1 fully saturated rings. The average molecular weight is 453 g/mol. The van der Waals surface area contributed by atoms with E-state index >= 15 is 0 Å². The van der Waals surface area contributed by atoms with Gasteiger partial charge in [-0.15, -0.1) is 0 Å². The van der Waals surface area contributed by atoms with Crippen molar-refractivity contribution in [2.75, 3.05) is 12.1 Å². The van der Waals surface area contributed by atoms with E-state index in [4.69, 9.17) is 9.47 Å². The predicted octanol–water partition coefficient (Wildman–Crippen LogP) is 6.17. The molecule has 1 saturated carbocycles. The van der Waals surface area contributed by atoms with Crippen LogP contribution in [-0.4, -0.2) is 18.9 Å². The van der Waals surface area contributed by atoms with Crippen molar-refractivity contribution in [3.8, 4) is 22.6 Å². The van der Waals surface area contributed by atoms with Crippen LogP contribution in [0.3, 0.4) is 0 Å². The van der Waals surface area contributed by atoms with Crippen LogP contribution in [0.25, 0.3) is 11.1 Å². The van der Waals surface area contributed by atoms with Crippen molar-refractivity contribution >= 4 is 11.6 Å². The van der Waals surface area contributed by atoms with Gasteiger partial charge in [0.1, 0.15) is 0 Å². The number of benzene rings is 3. The third-order valence-corrected chi connectivity index (χ3v) is 6.25. The zero-order valence-electron chi connectivity index (χ0n) is 18.0. The third-order valence-electron chi connectivity index (χ3n) is 6.25. The molecule has 4 nitrogen and oxygen atoms in total. The summed E-state index contributed by atoms with van der Waals surface area (Å²) in [6.07, 6.45) is -3.78. The number of fused-ring (bicyclic) bond motifs is 1. The summed E-state index contributed by atoms with van der Waals surface area (Å²) in [6, 6.07) is 17.5. The number of halogens is 3. The van der Waals surface area contributed by atoms with Crippen molar-refractivity contribution in [2.45, 2.75) is 37.8 Å². The monoisotopic (exact) mass is 453 g/mol. The van der Waals surface area contributed by atoms with E-state index in [-0.39, 0.29) is 18.3 Å². The Kier molecular flexibility index (Phi) is 5.07. The zero-order valence-corrected chi connectivity index (χ0v) is 18.0. The SMILES string of the molecule is Cc1ccc(NC(=O)C2(c3ccc4c(c3)OCO4)CC2)cc1-c1cccc(CC(F)(F)F)c1. The lowest BCUT2D eigenvalue weighted by atomic mass is 9.94. The maximum atomic E-state index is 13.2. The first-order chi connectivity index (χ1) is 15.7. The van der Waals surface area contributed by atoms with Gasteiger partial charge in [0.2, 0.25) is 12.7 Å². The molecule has 0 bridgehead atoms. The first kappa shape index (κ1) is 21.4. The fourth-order valence-electron chi connectivity index (χ4n) is 4.31. The maximum absolute atomic E-state index is 13.2. The Labute approximate surface area is 189 Å². The van der Waals surface area contributed by atoms with Crippen LogP contribution in [0.15, 0.2) is 60.7 Å². The van der Waals surface area contributed by atoms with Crippen LogP contribution in [0.5, 0.6) is 11.5 Å². The second-order valence-electron chi connectivity index (χ2n) is 8.63. The van der Waals surface area contributed by atoms with E-state index in [1.807, 2.05) is 43.3 Å². The first-order valence-electron chi connectivity index (χ1n) is 10.7. The molecule has 0 atom stereocenters. The number of carbonyl (C=O) groups excluding carboxylic acids is 1. The largest absolute Gasteiger partial charge is 0.454 e. The number of nitrogens with one attached hydrogen (secondary N) is 1. The Bertz CT molecular complexity index is 1230. The highest BCUT2D eigenvalue weighted by Crippen LogP contribution is 2.51. The number of amides is 1. The van der Waals surface area contributed by atoms with E-state index in [2.05, 4.69) is 5.32 Å². The molecule has 33 heavy (non-hydrogen) atoms. The molecule has 3 aromatic rings. The molecule has 1 amide bonds. The highest BCUT2D eigenvalue weighted by molar-refractivity contribution is 6.02. The number of rotatable bonds is 5. The lowest BCUT2D eigenvalue weighted by Crippen LogP contribution is -2.27. The molecule has 0 spiro atoms. The Morgan fingerprint density at radius 2 is 1.79 bits per heavy atom. The smallest absolute Gasteiger partial charge is 0.393 e. The van der Waals surface area contributed by atoms with Crippen molar-refractivity contribution in [2.24, 2.45) is 0 Å². The van der Waals surface area contributed by atoms with Gasteiger partial charge in [-0.1, -0.05) is 36.4 Å². The van der Waals surface area contributed by atoms with Gasteiger partial charge < -0.3 is 14.8 Å². The molecule has 0 unspecified atom stereocenters. The first-order valence-corrected chi connectivity index (χ1v) is 10.7. The fourth-order valence-corrected chi connectivity index (χ4v) is 4.31. The summed E-state index contributed by atoms with van der Waals surface area (Å²) in [5.41, 5.74) is 3.46. The molecule has 3 aromatic carbocycles. The predicted molar refractivity (Wildman–Crippen MR) is 118 cm³/mol. The van der Waals surface area contributed by atoms with Gasteiger partial charge in [-0.05, 0) is 71.8 Å². The van der Waals surface area contributed by atoms with Crippen LogP contribution in [0.4, 0.5) is 18.9 Å². The number of alkyl halides is 3. The van der Waals surface area contributed by atoms with Gasteiger partial charge in [0.25, 0.3) is 0 Å². The molecule has 0 saturated heterocycles. The molecule has 1 aliphatic heterocycles. The Morgan fingerprint density at radius 1 is 1.00 bits per heavy atom. The molecule has 1 aliphatic carbocycles. The van der Waals surface area contributed by atoms with Crippen molar-refractivity contribution in [3.05, 3.63) is 77.4 Å². The van der Waals surface area contributed by atoms with Gasteiger partial charge in [-0.25, -0.2) is 0 Å². The van der Waals surface area contributed by atoms with Gasteiger partial charge >= 0.3 is 6.18 Å². The highest BCUT2D eigenvalue weighted by atomic mass is 19.4. The van der Waals surface area contributed by atoms with Gasteiger partial charge in [0, 0.05) is 5.69 Å². The number of aryl methyl sites for hydroxylation is 1. The number of ether oxygens (including phenoxy) is 2. The normalized spacial score (nSPS) is 15.9. The Morgan fingerprint density at radius 3 is 2.55 bits per heavy atom. The standard InChI is InChI=1S/C26H22F3NO3/c1-16-5-7-20(13-21(16)18-4-2-3-17(11-18)14-26(27,28)29)30-24(31)25(9-10-25)19-6-8-22-23(12-19)33-15-32-22/h2-8,11-13H,9-10,14-15H2,1H3,(H,30,31). The molecule has 7 heteroatoms. The zero-order chi connectivity index (χ0) is 23.2. The summed E-state index contributed by atoms with van der Waals surface area (Å²) in [6.45, 7) is 2.07. The summed E-state index contributed by atoms with van der Waals surface area (Å²) < 4.78 is 49.3. The maximum Gasteiger partial charge on any atom is 0.393 e. The molecule has 0 radical (unpaired) electrons. The lowest BCUT2D eigenvalue weighted by molar-refractivity contribution is -0.127. The summed E-state index contributed by atoms with van der Waals surface area (Å²) >= 11 is 0. The van der Waals surface area contributed by atoms with E-state index in [0.717, 1.165) is 29.5 Å². The van der Waals surface area contributed by atoms with Gasteiger partial charge in [0.15, 0.2) is 11.5 Å². The van der Waals surface area contributed by atoms with Gasteiger partial charge in [-0.2, -0.15) is 13.2 Å². The van der Waals surface area contributed by atoms with E-state index < -0.39 is 18.0 Å². The van der Waals surface area contributed by atoms with Gasteiger partial charge in [0.05, 0.1) is 11.8 Å². The van der Waals surface area contributed by atoms with Crippen LogP contribution in [0, 0.1) is 6.92 Å². The van der Waals surface area contributed by atoms with Crippen LogP contribution in [0.2, 0.25) is 0 Å². The Hall–Kier alpha value is -3.48. The Balaban J connectivity index is 1.39. The van der Waals surface area contributed by atoms with Crippen LogP contribution in [-0.2, 0) is 16.6 Å². The topological polar surface area (TPSA) is 47.6 Å². The minimum absolute atomic E-state index is 0.109. The molecular formula is C26H22F3NO3. The molecule has 2 aliphatic rings. The average Bonchev–Trinajstić information content (AvgIpc) is 3.45. The molecule has 1 heterocycles. The quantitative estimate of drug-likeness (QED) is 0.503. The van der Waals surface area contributed by atoms with Crippen LogP contribution in [0.1, 0.15) is 29.5 Å². The number of hydrogen-bond acceptors (Lipinski definition) is 3. The second-order valence-corrected chi connectivity index (χ2v) is 8.63. The minimum atomic E-state index is -4.27. The van der Waals surface area contributed by atoms with E-state index in [0.29, 0.717) is 22.7 Å². The molecule has 5 rings (SSSR count).